The minimum Gasteiger partial charge on any atom is -0.493 e. The van der Waals surface area contributed by atoms with Crippen LogP contribution < -0.4 is 15.0 Å². The fourth-order valence-corrected chi connectivity index (χ4v) is 2.97. The van der Waals surface area contributed by atoms with Crippen molar-refractivity contribution < 1.29 is 18.7 Å². The van der Waals surface area contributed by atoms with Gasteiger partial charge in [-0.05, 0) is 50.2 Å². The lowest BCUT2D eigenvalue weighted by Crippen LogP contribution is -2.15. The van der Waals surface area contributed by atoms with Gasteiger partial charge in [-0.2, -0.15) is 0 Å². The lowest BCUT2D eigenvalue weighted by molar-refractivity contribution is 0.168. The van der Waals surface area contributed by atoms with E-state index in [0.29, 0.717) is 29.8 Å². The average Bonchev–Trinajstić information content (AvgIpc) is 3.10. The van der Waals surface area contributed by atoms with Crippen molar-refractivity contribution in [2.24, 2.45) is 7.05 Å². The van der Waals surface area contributed by atoms with E-state index in [1.807, 2.05) is 30.5 Å². The number of carbonyl (C=O) groups excluding carboxylic acids is 1. The molecule has 158 valence electrons. The van der Waals surface area contributed by atoms with Crippen LogP contribution in [-0.2, 0) is 11.8 Å². The summed E-state index contributed by atoms with van der Waals surface area (Å²) in [7, 11) is 3.67. The van der Waals surface area contributed by atoms with Crippen molar-refractivity contribution in [1.82, 2.24) is 14.8 Å². The van der Waals surface area contributed by atoms with Gasteiger partial charge in [0.1, 0.15) is 11.6 Å². The summed E-state index contributed by atoms with van der Waals surface area (Å²) in [5.74, 6) is 1.42. The molecule has 0 saturated carbocycles. The van der Waals surface area contributed by atoms with Gasteiger partial charge in [-0.25, -0.2) is 9.18 Å². The molecule has 0 bridgehead atoms. The van der Waals surface area contributed by atoms with Crippen LogP contribution >= 0.6 is 0 Å². The Morgan fingerprint density at radius 2 is 1.87 bits per heavy atom. The summed E-state index contributed by atoms with van der Waals surface area (Å²) in [6, 6.07) is 11.4. The summed E-state index contributed by atoms with van der Waals surface area (Å²) in [5, 5.41) is 11.3. The van der Waals surface area contributed by atoms with Gasteiger partial charge in [-0.3, -0.25) is 9.88 Å². The predicted molar refractivity (Wildman–Crippen MR) is 113 cm³/mol. The summed E-state index contributed by atoms with van der Waals surface area (Å²) in [4.78, 5) is 13.5. The minimum atomic E-state index is -0.533. The number of amides is 1. The molecule has 0 unspecified atom stereocenters. The summed E-state index contributed by atoms with van der Waals surface area (Å²) < 4.78 is 25.7. The van der Waals surface area contributed by atoms with Crippen molar-refractivity contribution in [2.45, 2.75) is 13.8 Å². The Morgan fingerprint density at radius 3 is 2.53 bits per heavy atom. The monoisotopic (exact) mass is 413 g/mol. The molecule has 3 rings (SSSR count). The standard InChI is InChI=1S/C21H24FN5O3/c1-5-29-18-13-15(23-21(28)30-6-2)9-12-17(18)19-24-25-20(27(19)4)26(3)16-10-7-14(22)8-11-16/h7-13H,5-6H2,1-4H3,(H,23,28). The number of aromatic nitrogens is 3. The molecule has 0 fully saturated rings. The van der Waals surface area contributed by atoms with Gasteiger partial charge >= 0.3 is 6.09 Å². The van der Waals surface area contributed by atoms with Crippen LogP contribution in [0.15, 0.2) is 42.5 Å². The lowest BCUT2D eigenvalue weighted by atomic mass is 10.1. The zero-order valence-corrected chi connectivity index (χ0v) is 17.3. The molecule has 2 aromatic carbocycles. The molecule has 8 nitrogen and oxygen atoms in total. The maximum Gasteiger partial charge on any atom is 0.411 e. The first-order valence-corrected chi connectivity index (χ1v) is 9.54. The van der Waals surface area contributed by atoms with Crippen molar-refractivity contribution in [1.29, 1.82) is 0 Å². The Morgan fingerprint density at radius 1 is 1.13 bits per heavy atom. The molecule has 0 spiro atoms. The first-order valence-electron chi connectivity index (χ1n) is 9.54. The van der Waals surface area contributed by atoms with Crippen molar-refractivity contribution in [2.75, 3.05) is 30.5 Å². The van der Waals surface area contributed by atoms with Gasteiger partial charge in [-0.15, -0.1) is 10.2 Å². The lowest BCUT2D eigenvalue weighted by Gasteiger charge is -2.18. The van der Waals surface area contributed by atoms with Crippen LogP contribution in [0.4, 0.5) is 26.5 Å². The second-order valence-electron chi connectivity index (χ2n) is 6.41. The molecule has 9 heteroatoms. The van der Waals surface area contributed by atoms with E-state index in [1.54, 1.807) is 37.3 Å². The van der Waals surface area contributed by atoms with E-state index in [1.165, 1.54) is 12.1 Å². The second kappa shape index (κ2) is 9.25. The second-order valence-corrected chi connectivity index (χ2v) is 6.41. The SMILES string of the molecule is CCOC(=O)Nc1ccc(-c2nnc(N(C)c3ccc(F)cc3)n2C)c(OCC)c1. The maximum absolute atomic E-state index is 13.2. The molecular weight excluding hydrogens is 389 g/mol. The smallest absolute Gasteiger partial charge is 0.411 e. The van der Waals surface area contributed by atoms with Crippen molar-refractivity contribution in [3.8, 4) is 17.1 Å². The van der Waals surface area contributed by atoms with Crippen LogP contribution in [0.5, 0.6) is 5.75 Å². The number of rotatable bonds is 7. The third-order valence-electron chi connectivity index (χ3n) is 4.41. The van der Waals surface area contributed by atoms with Crippen LogP contribution in [0.2, 0.25) is 0 Å². The molecule has 1 heterocycles. The van der Waals surface area contributed by atoms with E-state index in [4.69, 9.17) is 9.47 Å². The van der Waals surface area contributed by atoms with Gasteiger partial charge in [0.25, 0.3) is 0 Å². The highest BCUT2D eigenvalue weighted by Crippen LogP contribution is 2.34. The summed E-state index contributed by atoms with van der Waals surface area (Å²) in [6.07, 6.45) is -0.533. The largest absolute Gasteiger partial charge is 0.493 e. The van der Waals surface area contributed by atoms with E-state index in [-0.39, 0.29) is 12.4 Å². The molecule has 0 aliphatic rings. The maximum atomic E-state index is 13.2. The molecule has 1 N–H and O–H groups in total. The van der Waals surface area contributed by atoms with Crippen molar-refractivity contribution in [3.63, 3.8) is 0 Å². The molecule has 0 saturated heterocycles. The molecule has 1 aromatic heterocycles. The number of halogens is 1. The highest BCUT2D eigenvalue weighted by molar-refractivity contribution is 5.86. The molecule has 0 radical (unpaired) electrons. The number of nitrogens with zero attached hydrogens (tertiary/aromatic N) is 4. The molecule has 0 aliphatic carbocycles. The van der Waals surface area contributed by atoms with Gasteiger partial charge in [-0.1, -0.05) is 0 Å². The van der Waals surface area contributed by atoms with Gasteiger partial charge in [0.2, 0.25) is 5.95 Å². The molecule has 3 aromatic rings. The number of carbonyl (C=O) groups is 1. The van der Waals surface area contributed by atoms with Gasteiger partial charge in [0.05, 0.1) is 18.8 Å². The number of benzene rings is 2. The highest BCUT2D eigenvalue weighted by atomic mass is 19.1. The third kappa shape index (κ3) is 4.51. The van der Waals surface area contributed by atoms with E-state index in [0.717, 1.165) is 11.3 Å². The summed E-state index contributed by atoms with van der Waals surface area (Å²) in [5.41, 5.74) is 2.05. The van der Waals surface area contributed by atoms with Crippen LogP contribution in [0.25, 0.3) is 11.4 Å². The van der Waals surface area contributed by atoms with E-state index in [9.17, 15) is 9.18 Å². The van der Waals surface area contributed by atoms with Crippen LogP contribution in [0.3, 0.4) is 0 Å². The summed E-state index contributed by atoms with van der Waals surface area (Å²) in [6.45, 7) is 4.34. The van der Waals surface area contributed by atoms with Gasteiger partial charge in [0.15, 0.2) is 5.82 Å². The normalized spacial score (nSPS) is 10.6. The van der Waals surface area contributed by atoms with E-state index >= 15 is 0 Å². The molecule has 0 aliphatic heterocycles. The topological polar surface area (TPSA) is 81.5 Å². The van der Waals surface area contributed by atoms with Gasteiger partial charge < -0.3 is 14.4 Å². The zero-order chi connectivity index (χ0) is 21.7. The number of hydrogen-bond acceptors (Lipinski definition) is 6. The molecule has 1 amide bonds. The Labute approximate surface area is 174 Å². The molecule has 0 atom stereocenters. The van der Waals surface area contributed by atoms with Crippen molar-refractivity contribution in [3.05, 3.63) is 48.3 Å². The number of nitrogens with one attached hydrogen (secondary N) is 1. The van der Waals surface area contributed by atoms with E-state index < -0.39 is 6.09 Å². The number of anilines is 3. The predicted octanol–water partition coefficient (Wildman–Crippen LogP) is 4.36. The van der Waals surface area contributed by atoms with E-state index in [2.05, 4.69) is 15.5 Å². The Bertz CT molecular complexity index is 1020. The number of hydrogen-bond donors (Lipinski definition) is 1. The minimum absolute atomic E-state index is 0.283. The van der Waals surface area contributed by atoms with Crippen LogP contribution in [0.1, 0.15) is 13.8 Å². The third-order valence-corrected chi connectivity index (χ3v) is 4.41. The Hall–Kier alpha value is -3.62. The molecular formula is C21H24FN5O3. The highest BCUT2D eigenvalue weighted by Gasteiger charge is 2.19. The quantitative estimate of drug-likeness (QED) is 0.620. The van der Waals surface area contributed by atoms with Crippen LogP contribution in [0, 0.1) is 5.82 Å². The first kappa shape index (κ1) is 21.1. The summed E-state index contributed by atoms with van der Waals surface area (Å²) >= 11 is 0. The van der Waals surface area contributed by atoms with Gasteiger partial charge in [0, 0.05) is 31.5 Å². The fourth-order valence-electron chi connectivity index (χ4n) is 2.97. The average molecular weight is 413 g/mol. The molecule has 30 heavy (non-hydrogen) atoms. The first-order chi connectivity index (χ1) is 14.4. The fraction of sp³-hybridized carbons (Fsp3) is 0.286. The zero-order valence-electron chi connectivity index (χ0n) is 17.3. The Balaban J connectivity index is 1.93. The van der Waals surface area contributed by atoms with Crippen molar-refractivity contribution >= 4 is 23.4 Å². The number of ether oxygens (including phenoxy) is 2. The Kier molecular flexibility index (Phi) is 6.51. The van der Waals surface area contributed by atoms with Crippen LogP contribution in [-0.4, -0.2) is 41.1 Å².